The Bertz CT molecular complexity index is 484. The lowest BCUT2D eigenvalue weighted by Crippen LogP contribution is -2.38. The lowest BCUT2D eigenvalue weighted by atomic mass is 10.3. The number of aromatic amines is 1. The molecule has 0 saturated heterocycles. The average molecular weight is 269 g/mol. The Kier molecular flexibility index (Phi) is 5.35. The topological polar surface area (TPSA) is 84.5 Å². The normalized spacial score (nSPS) is 10.4. The zero-order valence-corrected chi connectivity index (χ0v) is 11.6. The molecule has 0 aliphatic rings. The van der Waals surface area contributed by atoms with Gasteiger partial charge in [0.2, 0.25) is 5.75 Å². The van der Waals surface area contributed by atoms with Crippen LogP contribution < -0.4 is 15.2 Å². The van der Waals surface area contributed by atoms with Gasteiger partial charge in [-0.15, -0.1) is 0 Å². The molecule has 0 aromatic carbocycles. The van der Waals surface area contributed by atoms with Crippen molar-refractivity contribution in [2.75, 3.05) is 25.2 Å². The maximum absolute atomic E-state index is 11.6. The third-order valence-corrected chi connectivity index (χ3v) is 2.50. The van der Waals surface area contributed by atoms with Crippen molar-refractivity contribution < 1.29 is 14.3 Å². The molecule has 1 aromatic heterocycles. The first kappa shape index (κ1) is 15.0. The summed E-state index contributed by atoms with van der Waals surface area (Å²) in [4.78, 5) is 31.4. The molecule has 7 heteroatoms. The third kappa shape index (κ3) is 3.70. The Labute approximate surface area is 111 Å². The van der Waals surface area contributed by atoms with E-state index < -0.39 is 0 Å². The highest BCUT2D eigenvalue weighted by Crippen LogP contribution is 2.22. The number of hydrogen-bond acceptors (Lipinski definition) is 6. The van der Waals surface area contributed by atoms with E-state index in [0.29, 0.717) is 12.4 Å². The number of H-pyrrole nitrogens is 1. The van der Waals surface area contributed by atoms with Crippen LogP contribution in [0.5, 0.6) is 5.75 Å². The summed E-state index contributed by atoms with van der Waals surface area (Å²) in [5.41, 5.74) is -0.387. The first-order chi connectivity index (χ1) is 9.01. The second-order valence-corrected chi connectivity index (χ2v) is 4.12. The van der Waals surface area contributed by atoms with E-state index in [9.17, 15) is 9.59 Å². The number of hydrogen-bond donors (Lipinski definition) is 1. The van der Waals surface area contributed by atoms with Gasteiger partial charge in [0.25, 0.3) is 5.56 Å². The van der Waals surface area contributed by atoms with Gasteiger partial charge < -0.3 is 19.4 Å². The van der Waals surface area contributed by atoms with E-state index in [1.807, 2.05) is 13.8 Å². The molecule has 1 heterocycles. The van der Waals surface area contributed by atoms with Crippen LogP contribution in [0, 0.1) is 0 Å². The second-order valence-electron chi connectivity index (χ2n) is 4.12. The number of carbonyl (C=O) groups is 1. The summed E-state index contributed by atoms with van der Waals surface area (Å²) >= 11 is 0. The van der Waals surface area contributed by atoms with Crippen molar-refractivity contribution in [1.82, 2.24) is 9.97 Å². The molecular weight excluding hydrogens is 250 g/mol. The van der Waals surface area contributed by atoms with Gasteiger partial charge in [0.05, 0.1) is 20.0 Å². The van der Waals surface area contributed by atoms with Crippen LogP contribution in [-0.4, -0.2) is 42.2 Å². The largest absolute Gasteiger partial charge is 0.489 e. The maximum Gasteiger partial charge on any atom is 0.325 e. The van der Waals surface area contributed by atoms with Crippen LogP contribution >= 0.6 is 0 Å². The standard InChI is InChI=1S/C12H19N3O4/c1-5-19-9(16)6-15(8(2)3)11-10(18-4)12(17)14-7-13-11/h7-8H,5-6H2,1-4H3,(H,13,14,17). The van der Waals surface area contributed by atoms with E-state index in [1.54, 1.807) is 11.8 Å². The molecule has 0 aliphatic heterocycles. The van der Waals surface area contributed by atoms with Crippen LogP contribution in [0.25, 0.3) is 0 Å². The van der Waals surface area contributed by atoms with Crippen LogP contribution in [0.4, 0.5) is 5.82 Å². The Morgan fingerprint density at radius 2 is 2.21 bits per heavy atom. The van der Waals surface area contributed by atoms with E-state index >= 15 is 0 Å². The molecule has 19 heavy (non-hydrogen) atoms. The molecule has 0 fully saturated rings. The van der Waals surface area contributed by atoms with Gasteiger partial charge >= 0.3 is 5.97 Å². The van der Waals surface area contributed by atoms with Crippen molar-refractivity contribution in [3.8, 4) is 5.75 Å². The Balaban J connectivity index is 3.09. The monoisotopic (exact) mass is 269 g/mol. The van der Waals surface area contributed by atoms with E-state index in [-0.39, 0.29) is 29.9 Å². The van der Waals surface area contributed by atoms with Gasteiger partial charge in [-0.05, 0) is 20.8 Å². The molecule has 0 amide bonds. The highest BCUT2D eigenvalue weighted by atomic mass is 16.5. The first-order valence-electron chi connectivity index (χ1n) is 6.05. The fourth-order valence-corrected chi connectivity index (χ4v) is 1.61. The minimum atomic E-state index is -0.387. The number of methoxy groups -OCH3 is 1. The van der Waals surface area contributed by atoms with Crippen molar-refractivity contribution in [3.05, 3.63) is 16.7 Å². The van der Waals surface area contributed by atoms with Crippen molar-refractivity contribution in [2.45, 2.75) is 26.8 Å². The van der Waals surface area contributed by atoms with E-state index in [2.05, 4.69) is 9.97 Å². The fraction of sp³-hybridized carbons (Fsp3) is 0.583. The number of ether oxygens (including phenoxy) is 2. The van der Waals surface area contributed by atoms with Crippen LogP contribution in [-0.2, 0) is 9.53 Å². The smallest absolute Gasteiger partial charge is 0.325 e. The minimum Gasteiger partial charge on any atom is -0.489 e. The molecule has 106 valence electrons. The fourth-order valence-electron chi connectivity index (χ4n) is 1.61. The summed E-state index contributed by atoms with van der Waals surface area (Å²) in [6.45, 7) is 5.84. The highest BCUT2D eigenvalue weighted by Gasteiger charge is 2.22. The number of nitrogens with one attached hydrogen (secondary N) is 1. The van der Waals surface area contributed by atoms with E-state index in [0.717, 1.165) is 0 Å². The number of aromatic nitrogens is 2. The molecule has 1 rings (SSSR count). The van der Waals surface area contributed by atoms with Crippen LogP contribution in [0.2, 0.25) is 0 Å². The molecule has 0 saturated carbocycles. The van der Waals surface area contributed by atoms with Gasteiger partial charge in [0.1, 0.15) is 6.54 Å². The summed E-state index contributed by atoms with van der Waals surface area (Å²) in [6, 6.07) is -0.0346. The van der Waals surface area contributed by atoms with Crippen molar-refractivity contribution in [1.29, 1.82) is 0 Å². The Hall–Kier alpha value is -2.05. The summed E-state index contributed by atoms with van der Waals surface area (Å²) < 4.78 is 9.96. The number of rotatable bonds is 6. The van der Waals surface area contributed by atoms with Gasteiger partial charge in [-0.25, -0.2) is 4.98 Å². The lowest BCUT2D eigenvalue weighted by Gasteiger charge is -2.27. The average Bonchev–Trinajstić information content (AvgIpc) is 2.35. The maximum atomic E-state index is 11.6. The molecule has 1 aromatic rings. The van der Waals surface area contributed by atoms with Gasteiger partial charge in [-0.1, -0.05) is 0 Å². The van der Waals surface area contributed by atoms with Crippen LogP contribution in [0.15, 0.2) is 11.1 Å². The molecular formula is C12H19N3O4. The number of nitrogens with zero attached hydrogens (tertiary/aromatic N) is 2. The number of carbonyl (C=O) groups excluding carboxylic acids is 1. The zero-order chi connectivity index (χ0) is 14.4. The van der Waals surface area contributed by atoms with Gasteiger partial charge in [-0.2, -0.15) is 0 Å². The predicted octanol–water partition coefficient (Wildman–Crippen LogP) is 0.556. The third-order valence-electron chi connectivity index (χ3n) is 2.50. The summed E-state index contributed by atoms with van der Waals surface area (Å²) in [5, 5.41) is 0. The second kappa shape index (κ2) is 6.77. The minimum absolute atomic E-state index is 0.0122. The summed E-state index contributed by atoms with van der Waals surface area (Å²) in [5.74, 6) is 0.0372. The molecule has 0 spiro atoms. The van der Waals surface area contributed by atoms with Crippen molar-refractivity contribution in [2.24, 2.45) is 0 Å². The van der Waals surface area contributed by atoms with Crippen LogP contribution in [0.1, 0.15) is 20.8 Å². The Morgan fingerprint density at radius 1 is 1.53 bits per heavy atom. The van der Waals surface area contributed by atoms with E-state index in [4.69, 9.17) is 9.47 Å². The lowest BCUT2D eigenvalue weighted by molar-refractivity contribution is -0.141. The van der Waals surface area contributed by atoms with Gasteiger partial charge in [-0.3, -0.25) is 9.59 Å². The molecule has 0 unspecified atom stereocenters. The van der Waals surface area contributed by atoms with Gasteiger partial charge in [0, 0.05) is 6.04 Å². The molecule has 0 radical (unpaired) electrons. The summed E-state index contributed by atoms with van der Waals surface area (Å²) in [6.07, 6.45) is 1.28. The molecule has 7 nitrogen and oxygen atoms in total. The molecule has 0 atom stereocenters. The molecule has 1 N–H and O–H groups in total. The quantitative estimate of drug-likeness (QED) is 0.759. The number of anilines is 1. The van der Waals surface area contributed by atoms with Crippen molar-refractivity contribution in [3.63, 3.8) is 0 Å². The predicted molar refractivity (Wildman–Crippen MR) is 70.5 cm³/mol. The number of esters is 1. The summed E-state index contributed by atoms with van der Waals surface area (Å²) in [7, 11) is 1.39. The SMILES string of the molecule is CCOC(=O)CN(c1nc[nH]c(=O)c1OC)C(C)C. The van der Waals surface area contributed by atoms with Crippen LogP contribution in [0.3, 0.4) is 0 Å². The first-order valence-corrected chi connectivity index (χ1v) is 6.05. The zero-order valence-electron chi connectivity index (χ0n) is 11.6. The van der Waals surface area contributed by atoms with Crippen molar-refractivity contribution >= 4 is 11.8 Å². The van der Waals surface area contributed by atoms with E-state index in [1.165, 1.54) is 13.4 Å². The Morgan fingerprint density at radius 3 is 2.74 bits per heavy atom. The highest BCUT2D eigenvalue weighted by molar-refractivity contribution is 5.76. The van der Waals surface area contributed by atoms with Gasteiger partial charge in [0.15, 0.2) is 5.82 Å². The molecule has 0 bridgehead atoms. The molecule has 0 aliphatic carbocycles.